The maximum atomic E-state index is 11.2. The van der Waals surface area contributed by atoms with E-state index in [0.717, 1.165) is 34.4 Å². The largest absolute Gasteiger partial charge is 0.335 e. The van der Waals surface area contributed by atoms with Crippen LogP contribution < -0.4 is 9.47 Å². The molecule has 0 saturated carbocycles. The molecule has 0 radical (unpaired) electrons. The Bertz CT molecular complexity index is 1470. The Kier molecular flexibility index (Phi) is 7.91. The Morgan fingerprint density at radius 2 is 1.71 bits per heavy atom. The summed E-state index contributed by atoms with van der Waals surface area (Å²) in [4.78, 5) is 3.11. The van der Waals surface area contributed by atoms with E-state index in [0.29, 0.717) is 13.1 Å². The first kappa shape index (κ1) is 25.9. The SMILES string of the molecule is O=S(=O)(O)CCCN1C(=Cc2sc3ccccc3[n+]2CCCS(=O)(=O)O)Sc2ccc(I)cc21. The Balaban J connectivity index is 1.70. The zero-order chi connectivity index (χ0) is 24.5. The molecule has 4 rings (SSSR count). The van der Waals surface area contributed by atoms with Gasteiger partial charge in [0.2, 0.25) is 5.52 Å². The normalized spacial score (nSPS) is 15.4. The molecule has 0 atom stereocenters. The third-order valence-electron chi connectivity index (χ3n) is 5.14. The highest BCUT2D eigenvalue weighted by Gasteiger charge is 2.28. The number of halogens is 1. The van der Waals surface area contributed by atoms with Gasteiger partial charge in [-0.1, -0.05) is 35.2 Å². The lowest BCUT2D eigenvalue weighted by atomic mass is 10.3. The third-order valence-corrected chi connectivity index (χ3v) is 9.65. The van der Waals surface area contributed by atoms with Crippen molar-refractivity contribution in [2.75, 3.05) is 23.0 Å². The fourth-order valence-corrected chi connectivity index (χ4v) is 7.49. The number of anilines is 1. The van der Waals surface area contributed by atoms with E-state index < -0.39 is 20.2 Å². The number of aryl methyl sites for hydroxylation is 1. The number of thiazole rings is 1. The van der Waals surface area contributed by atoms with Crippen LogP contribution in [-0.2, 0) is 26.8 Å². The van der Waals surface area contributed by atoms with Gasteiger partial charge in [-0.25, -0.2) is 0 Å². The summed E-state index contributed by atoms with van der Waals surface area (Å²) in [7, 11) is -8.10. The molecule has 34 heavy (non-hydrogen) atoms. The number of thioether (sulfide) groups is 1. The summed E-state index contributed by atoms with van der Waals surface area (Å²) in [5.74, 6) is -0.639. The fourth-order valence-electron chi connectivity index (χ4n) is 3.72. The van der Waals surface area contributed by atoms with Crippen molar-refractivity contribution in [3.05, 3.63) is 56.1 Å². The Labute approximate surface area is 220 Å². The fraction of sp³-hybridized carbons (Fsp3) is 0.286. The monoisotopic (exact) mass is 653 g/mol. The molecule has 182 valence electrons. The molecule has 0 spiro atoms. The van der Waals surface area contributed by atoms with Crippen molar-refractivity contribution in [1.29, 1.82) is 0 Å². The van der Waals surface area contributed by atoms with E-state index in [9.17, 15) is 16.8 Å². The number of rotatable bonds is 9. The number of hydrogen-bond donors (Lipinski definition) is 2. The van der Waals surface area contributed by atoms with Crippen molar-refractivity contribution in [3.8, 4) is 0 Å². The quantitative estimate of drug-likeness (QED) is 0.200. The number of benzene rings is 2. The standard InChI is InChI=1S/C21H21IN2O6S4/c22-15-7-8-19-17(13-15)24(10-4-12-34(28,29)30)21(32-19)14-20-23(9-3-11-33(25,26)27)16-5-1-2-6-18(16)31-20/h1-2,5-8,13-14H,3-4,9-12H2,(H-,25,26,27,28,29,30)/p+1. The van der Waals surface area contributed by atoms with Gasteiger partial charge in [0.15, 0.2) is 6.54 Å². The van der Waals surface area contributed by atoms with E-state index in [-0.39, 0.29) is 24.3 Å². The summed E-state index contributed by atoms with van der Waals surface area (Å²) in [6, 6.07) is 13.9. The van der Waals surface area contributed by atoms with Gasteiger partial charge in [-0.05, 0) is 53.3 Å². The van der Waals surface area contributed by atoms with Gasteiger partial charge in [-0.15, -0.1) is 0 Å². The number of fused-ring (bicyclic) bond motifs is 2. The topological polar surface area (TPSA) is 116 Å². The molecule has 0 bridgehead atoms. The lowest BCUT2D eigenvalue weighted by Crippen LogP contribution is -2.36. The number of aromatic nitrogens is 1. The summed E-state index contributed by atoms with van der Waals surface area (Å²) in [6.45, 7) is 0.834. The molecular weight excluding hydrogens is 631 g/mol. The molecule has 0 aliphatic carbocycles. The summed E-state index contributed by atoms with van der Waals surface area (Å²) >= 11 is 5.40. The van der Waals surface area contributed by atoms with E-state index in [1.54, 1.807) is 23.1 Å². The molecule has 0 unspecified atom stereocenters. The molecule has 1 aliphatic heterocycles. The van der Waals surface area contributed by atoms with Crippen molar-refractivity contribution < 1.29 is 30.5 Å². The molecule has 1 aromatic heterocycles. The minimum Gasteiger partial charge on any atom is -0.335 e. The van der Waals surface area contributed by atoms with Crippen LogP contribution in [0.3, 0.4) is 0 Å². The van der Waals surface area contributed by atoms with Gasteiger partial charge < -0.3 is 4.90 Å². The Morgan fingerprint density at radius 3 is 2.44 bits per heavy atom. The molecule has 2 aromatic carbocycles. The zero-order valence-electron chi connectivity index (χ0n) is 17.8. The molecule has 13 heteroatoms. The van der Waals surface area contributed by atoms with Crippen LogP contribution in [0.15, 0.2) is 52.4 Å². The molecule has 2 heterocycles. The lowest BCUT2D eigenvalue weighted by molar-refractivity contribution is -0.668. The van der Waals surface area contributed by atoms with Crippen molar-refractivity contribution in [3.63, 3.8) is 0 Å². The van der Waals surface area contributed by atoms with Gasteiger partial charge in [0, 0.05) is 27.5 Å². The van der Waals surface area contributed by atoms with Crippen LogP contribution in [0.2, 0.25) is 0 Å². The number of para-hydroxylation sites is 1. The van der Waals surface area contributed by atoms with E-state index in [4.69, 9.17) is 9.11 Å². The third kappa shape index (κ3) is 6.50. The average Bonchev–Trinajstić information content (AvgIpc) is 3.24. The van der Waals surface area contributed by atoms with Gasteiger partial charge >= 0.3 is 0 Å². The van der Waals surface area contributed by atoms with Crippen molar-refractivity contribution in [2.24, 2.45) is 0 Å². The highest BCUT2D eigenvalue weighted by atomic mass is 127. The highest BCUT2D eigenvalue weighted by Crippen LogP contribution is 2.47. The first-order valence-corrected chi connectivity index (χ1v) is 16.2. The van der Waals surface area contributed by atoms with Gasteiger partial charge in [0.1, 0.15) is 4.70 Å². The first-order chi connectivity index (χ1) is 16.0. The number of nitrogens with zero attached hydrogens (tertiary/aromatic N) is 2. The minimum absolute atomic E-state index is 0.266. The van der Waals surface area contributed by atoms with Crippen LogP contribution in [0, 0.1) is 3.57 Å². The van der Waals surface area contributed by atoms with E-state index in [1.807, 2.05) is 53.1 Å². The Morgan fingerprint density at radius 1 is 1.00 bits per heavy atom. The summed E-state index contributed by atoms with van der Waals surface area (Å²) in [5.41, 5.74) is 1.96. The van der Waals surface area contributed by atoms with Crippen LogP contribution in [-0.4, -0.2) is 44.0 Å². The second-order valence-corrected chi connectivity index (χ2v) is 14.2. The van der Waals surface area contributed by atoms with Crippen LogP contribution in [0.5, 0.6) is 0 Å². The Hall–Kier alpha value is -1.23. The molecule has 8 nitrogen and oxygen atoms in total. The summed E-state index contributed by atoms with van der Waals surface area (Å²) in [5, 5.41) is 1.84. The molecule has 0 amide bonds. The van der Waals surface area contributed by atoms with Gasteiger partial charge in [-0.3, -0.25) is 9.11 Å². The molecular formula is C21H22IN2O6S4+. The molecule has 3 aromatic rings. The van der Waals surface area contributed by atoms with Crippen molar-refractivity contribution in [2.45, 2.75) is 24.3 Å². The van der Waals surface area contributed by atoms with E-state index in [2.05, 4.69) is 27.5 Å². The van der Waals surface area contributed by atoms with Crippen molar-refractivity contribution >= 4 is 87.9 Å². The number of hydrogen-bond acceptors (Lipinski definition) is 7. The van der Waals surface area contributed by atoms with Crippen molar-refractivity contribution in [1.82, 2.24) is 0 Å². The molecule has 2 N–H and O–H groups in total. The summed E-state index contributed by atoms with van der Waals surface area (Å²) < 4.78 is 67.4. The van der Waals surface area contributed by atoms with Gasteiger partial charge in [0.25, 0.3) is 25.2 Å². The van der Waals surface area contributed by atoms with Crippen LogP contribution in [0.25, 0.3) is 16.3 Å². The molecule has 1 aliphatic rings. The predicted octanol–water partition coefficient (Wildman–Crippen LogP) is 4.26. The second-order valence-electron chi connectivity index (χ2n) is 7.69. The maximum absolute atomic E-state index is 11.2. The minimum atomic E-state index is -4.05. The molecule has 0 fully saturated rings. The summed E-state index contributed by atoms with van der Waals surface area (Å²) in [6.07, 6.45) is 2.57. The predicted molar refractivity (Wildman–Crippen MR) is 144 cm³/mol. The lowest BCUT2D eigenvalue weighted by Gasteiger charge is -2.20. The van der Waals surface area contributed by atoms with Gasteiger partial charge in [-0.2, -0.15) is 21.4 Å². The van der Waals surface area contributed by atoms with Crippen LogP contribution in [0.4, 0.5) is 5.69 Å². The average molecular weight is 654 g/mol. The van der Waals surface area contributed by atoms with Gasteiger partial charge in [0.05, 0.1) is 28.3 Å². The van der Waals surface area contributed by atoms with Crippen LogP contribution >= 0.6 is 45.7 Å². The molecule has 0 saturated heterocycles. The van der Waals surface area contributed by atoms with E-state index in [1.165, 1.54) is 0 Å². The smallest absolute Gasteiger partial charge is 0.265 e. The van der Waals surface area contributed by atoms with E-state index >= 15 is 0 Å². The second kappa shape index (κ2) is 10.4. The van der Waals surface area contributed by atoms with Crippen LogP contribution in [0.1, 0.15) is 17.8 Å². The zero-order valence-corrected chi connectivity index (χ0v) is 23.2. The maximum Gasteiger partial charge on any atom is 0.265 e. The highest BCUT2D eigenvalue weighted by molar-refractivity contribution is 14.1. The first-order valence-electron chi connectivity index (χ1n) is 10.3.